The molecule has 0 spiro atoms. The van der Waals surface area contributed by atoms with Gasteiger partial charge in [0.25, 0.3) is 0 Å². The minimum Gasteiger partial charge on any atom is -0.763 e. The van der Waals surface area contributed by atoms with Gasteiger partial charge in [-0.05, 0) is 117 Å². The van der Waals surface area contributed by atoms with E-state index in [4.69, 9.17) is 112 Å². The first kappa shape index (κ1) is 119. The first-order valence-corrected chi connectivity index (χ1v) is 37.3. The van der Waals surface area contributed by atoms with Crippen molar-refractivity contribution in [2.45, 2.75) is 145 Å². The van der Waals surface area contributed by atoms with E-state index in [9.17, 15) is 71.9 Å². The van der Waals surface area contributed by atoms with Gasteiger partial charge >= 0.3 is 98.9 Å². The largest absolute Gasteiger partial charge is 2.00 e. The second-order valence-corrected chi connectivity index (χ2v) is 26.7. The predicted molar refractivity (Wildman–Crippen MR) is 458 cm³/mol. The summed E-state index contributed by atoms with van der Waals surface area (Å²) in [4.78, 5) is 44.8. The molecule has 4 radical (unpaired) electrons. The number of alkyl halides is 12. The Morgan fingerprint density at radius 3 is 0.719 bits per heavy atom. The van der Waals surface area contributed by atoms with Gasteiger partial charge in [0.15, 0.2) is 5.78 Å². The number of carbonyl (C=O) groups excluding carboxylic acids is 3. The van der Waals surface area contributed by atoms with Gasteiger partial charge in [-0.2, -0.15) is 114 Å². The molecule has 0 heterocycles. The molecule has 27 nitrogen and oxygen atoms in total. The van der Waals surface area contributed by atoms with Crippen molar-refractivity contribution in [2.75, 3.05) is 31.5 Å². The fourth-order valence-corrected chi connectivity index (χ4v) is 9.12. The number of carbonyl (C=O) groups is 4. The molecule has 8 N–H and O–H groups in total. The molecule has 2 amide bonds. The van der Waals surface area contributed by atoms with Gasteiger partial charge in [0.05, 0.1) is 28.4 Å². The monoisotopic (exact) mass is 2040 g/mol. The zero-order valence-electron chi connectivity index (χ0n) is 65.0. The molecule has 121 heavy (non-hydrogen) atoms. The van der Waals surface area contributed by atoms with Gasteiger partial charge in [-0.1, -0.05) is 134 Å². The summed E-state index contributed by atoms with van der Waals surface area (Å²) >= 11 is 39.3. The van der Waals surface area contributed by atoms with Crippen molar-refractivity contribution in [3.05, 3.63) is 136 Å². The van der Waals surface area contributed by atoms with E-state index in [1.807, 2.05) is 49.0 Å². The minimum atomic E-state index is -4.45. The van der Waals surface area contributed by atoms with Gasteiger partial charge in [-0.15, -0.1) is 20.4 Å². The summed E-state index contributed by atoms with van der Waals surface area (Å²) in [5.41, 5.74) is 10.7. The van der Waals surface area contributed by atoms with Gasteiger partial charge < -0.3 is 138 Å². The second-order valence-electron chi connectivity index (χ2n) is 23.2. The number of ketones is 1. The number of nitrogens with one attached hydrogen (secondary N) is 5. The number of hydrogen-bond donors (Lipinski definition) is 7. The van der Waals surface area contributed by atoms with E-state index in [0.717, 1.165) is 25.7 Å². The first-order chi connectivity index (χ1) is 54.6. The Labute approximate surface area is 777 Å². The van der Waals surface area contributed by atoms with Gasteiger partial charge in [0.1, 0.15) is 49.0 Å². The molecule has 0 saturated heterocycles. The van der Waals surface area contributed by atoms with Crippen LogP contribution in [0.5, 0.6) is 0 Å². The molecule has 0 bridgehead atoms. The Kier molecular flexibility index (Phi) is 61.1. The van der Waals surface area contributed by atoms with Crippen molar-refractivity contribution >= 4 is 217 Å². The molecular weight excluding hydrogens is 1970 g/mol. The molecule has 0 atom stereocenters. The number of aromatic carboxylic acids is 1. The fourth-order valence-electron chi connectivity index (χ4n) is 7.69. The number of rotatable bonds is 32. The Morgan fingerprint density at radius 2 is 0.529 bits per heavy atom. The number of amides is 2. The molecular formula is C70H78Cu4F12N22O5S8. The average Bonchev–Trinajstić information content (AvgIpc) is 0.857. The Balaban J connectivity index is -0.000000746. The number of carboxylic acid groups (broad SMARTS) is 1. The van der Waals surface area contributed by atoms with Crippen molar-refractivity contribution in [3.8, 4) is 0 Å². The predicted octanol–water partition coefficient (Wildman–Crippen LogP) is 13.2. The molecule has 4 aromatic carbocycles. The van der Waals surface area contributed by atoms with Crippen molar-refractivity contribution in [1.82, 2.24) is 21.3 Å². The van der Waals surface area contributed by atoms with Crippen LogP contribution in [0.25, 0.3) is 0 Å². The van der Waals surface area contributed by atoms with Crippen molar-refractivity contribution in [3.63, 3.8) is 0 Å². The molecule has 0 aliphatic heterocycles. The Hall–Kier alpha value is -8.12. The van der Waals surface area contributed by atoms with Crippen LogP contribution in [0.1, 0.15) is 174 Å². The number of hydrogen-bond acceptors (Lipinski definition) is 28. The molecule has 0 fully saturated rings. The summed E-state index contributed by atoms with van der Waals surface area (Å²) in [6, 6.07) is 24.7. The normalized spacial score (nSPS) is 13.6. The van der Waals surface area contributed by atoms with E-state index < -0.39 is 83.4 Å². The Bertz CT molecular complexity index is 4160. The van der Waals surface area contributed by atoms with Crippen molar-refractivity contribution in [2.24, 2.45) is 87.4 Å². The van der Waals surface area contributed by atoms with Crippen LogP contribution in [0, 0.1) is 0 Å². The summed E-state index contributed by atoms with van der Waals surface area (Å²) in [5, 5.41) is 81.3. The number of halogens is 12. The molecule has 4 aromatic rings. The van der Waals surface area contributed by atoms with Gasteiger partial charge in [-0.3, -0.25) is 14.4 Å². The van der Waals surface area contributed by atoms with Crippen LogP contribution in [-0.4, -0.2) is 166 Å². The van der Waals surface area contributed by atoms with Crippen molar-refractivity contribution in [1.29, 1.82) is 0 Å². The number of anilines is 1. The van der Waals surface area contributed by atoms with E-state index in [0.29, 0.717) is 96.5 Å². The van der Waals surface area contributed by atoms with Gasteiger partial charge in [-0.25, -0.2) is 4.79 Å². The van der Waals surface area contributed by atoms with Crippen LogP contribution in [0.3, 0.4) is 0 Å². The molecule has 674 valence electrons. The zero-order valence-corrected chi connectivity index (χ0v) is 75.3. The standard InChI is InChI=1S/C18H23F3N6OS2.C18H22F3N5OS2.C17H21F3N6OS2.C17H20F3N5O2S2.4Cu/c1-4-5-15(29)25-24-11(2)16(26-27-17(30)22-10-18(19,20)21)13-6-8-14(9-7-13)23-12(3)28;1-4-5-15(28)24-23-11(2)16(14-8-6-13(7-9-14)12(3)27)25-26-17(29)22-10-18(19,20)21;1-3-4-13(28)24-23-10(2)14(11-5-7-12(8-6-11)15(21)27)25-26-16(29)22-9-17(18,19)20;1-3-4-13(28)23-22-10(2)14(11-5-7-12(8-6-11)15(26)27)24-25-16(29)21-9-17(18,19)20;;;;/h6-9H,4-5,10H2,1-3H3,(H,23,28)(H,25,29)(H2,22,27,30);6-9H,4-5,10H2,1-3H3,(H,24,28)(H2,22,26,29);5-8H,3-4,9H2,1-2H3,(H2,21,27)(H,24,28)(H2,22,26,29);5-8H,3-4,9H2,1-2H3,(H,23,28)(H,26,27)(H2,21,25,29);;;;/q;;;;4*+2/p-8. The fraction of sp³-hybridized carbons (Fsp3) is 0.371. The number of amidine groups is 4. The maximum atomic E-state index is 12.3. The second kappa shape index (κ2) is 62.1. The third-order valence-corrected chi connectivity index (χ3v) is 15.1. The van der Waals surface area contributed by atoms with E-state index in [-0.39, 0.29) is 120 Å². The van der Waals surface area contributed by atoms with E-state index >= 15 is 0 Å². The van der Waals surface area contributed by atoms with Crippen LogP contribution in [0.2, 0.25) is 0 Å². The van der Waals surface area contributed by atoms with Gasteiger partial charge in [0, 0.05) is 46.0 Å². The van der Waals surface area contributed by atoms with Crippen molar-refractivity contribution < 1.29 is 145 Å². The van der Waals surface area contributed by atoms with Crippen LogP contribution in [0.15, 0.2) is 179 Å². The van der Waals surface area contributed by atoms with Gasteiger partial charge in [0.2, 0.25) is 11.8 Å². The maximum absolute atomic E-state index is 12.3. The summed E-state index contributed by atoms with van der Waals surface area (Å²) < 4.78 is 147. The molecule has 0 aliphatic carbocycles. The quantitative estimate of drug-likeness (QED) is 0.00454. The summed E-state index contributed by atoms with van der Waals surface area (Å²) in [5.74, 6) is -2.05. The molecule has 4 rings (SSSR count). The van der Waals surface area contributed by atoms with Crippen LogP contribution >= 0.6 is 0 Å². The zero-order chi connectivity index (χ0) is 88.8. The number of nitrogens with two attached hydrogens (primary N) is 1. The van der Waals surface area contributed by atoms with Crippen LogP contribution < -0.4 is 32.3 Å². The van der Waals surface area contributed by atoms with Crippen LogP contribution in [0.4, 0.5) is 58.4 Å². The third kappa shape index (κ3) is 55.6. The molecule has 51 heteroatoms. The van der Waals surface area contributed by atoms with Crippen LogP contribution in [-0.2, 0) is 174 Å². The van der Waals surface area contributed by atoms with E-state index in [2.05, 4.69) is 86.9 Å². The topological polar surface area (TPSA) is 372 Å². The minimum absolute atomic E-state index is 0. The Morgan fingerprint density at radius 1 is 0.322 bits per heavy atom. The smallest absolute Gasteiger partial charge is 0.763 e. The summed E-state index contributed by atoms with van der Waals surface area (Å²) in [6.07, 6.45) is -12.2. The number of nitrogens with zero attached hydrogens (tertiary/aromatic N) is 16. The number of benzene rings is 4. The number of carboxylic acids is 1. The molecule has 0 unspecified atom stereocenters. The van der Waals surface area contributed by atoms with E-state index in [1.165, 1.54) is 50.2 Å². The maximum Gasteiger partial charge on any atom is 2.00 e. The average molecular weight is 2050 g/mol. The third-order valence-electron chi connectivity index (χ3n) is 13.1. The first-order valence-electron chi connectivity index (χ1n) is 34.0. The summed E-state index contributed by atoms with van der Waals surface area (Å²) in [6.45, 7) is 11.6. The number of primary amides is 1. The summed E-state index contributed by atoms with van der Waals surface area (Å²) in [7, 11) is 0. The molecule has 0 aromatic heterocycles. The number of Topliss-reactive ketones (excluding diaryl/α,β-unsaturated/α-hetero) is 1. The molecule has 0 aliphatic rings. The van der Waals surface area contributed by atoms with E-state index in [1.54, 1.807) is 88.4 Å². The SMILES string of the molecule is CCCC([S-])=NN=C(C)C(=NN=C([S-])NCC(F)(F)F)c1ccc(C(=O)O)cc1.CCCC([S-])=NN=C(C)C(=NN=C([S-])NCC(F)(F)F)c1ccc(C(C)=O)cc1.CCCC([S-])=NN=C(C)C(=NN=C([S-])NCC(F)(F)F)c1ccc(C(N)=O)cc1.CCCC([S-])=NN=C(C)C(=NN=C([S-])NCC(F)(F)F)c1ccc(NC(C)=O)cc1.[Cu+2].[Cu+2].[Cu+2].[Cu+2]. The molecule has 0 saturated carbocycles.